The van der Waals surface area contributed by atoms with Gasteiger partial charge in [0, 0.05) is 12.2 Å². The molecule has 0 saturated carbocycles. The van der Waals surface area contributed by atoms with Crippen molar-refractivity contribution in [1.82, 2.24) is 20.2 Å². The number of amides is 1. The first-order valence-electron chi connectivity index (χ1n) is 6.95. The molecule has 8 heteroatoms. The van der Waals surface area contributed by atoms with E-state index in [0.29, 0.717) is 23.3 Å². The quantitative estimate of drug-likeness (QED) is 0.827. The van der Waals surface area contributed by atoms with Gasteiger partial charge >= 0.3 is 0 Å². The number of benzene rings is 1. The molecule has 0 aliphatic carbocycles. The lowest BCUT2D eigenvalue weighted by atomic mass is 10.2. The van der Waals surface area contributed by atoms with E-state index in [1.165, 1.54) is 23.9 Å². The van der Waals surface area contributed by atoms with Crippen LogP contribution in [0.2, 0.25) is 0 Å². The van der Waals surface area contributed by atoms with Crippen molar-refractivity contribution in [2.24, 2.45) is 5.92 Å². The minimum atomic E-state index is -0.403. The number of nitrogens with one attached hydrogen (secondary N) is 1. The second-order valence-electron chi connectivity index (χ2n) is 5.30. The molecule has 1 amide bonds. The van der Waals surface area contributed by atoms with E-state index in [2.05, 4.69) is 34.7 Å². The third-order valence-corrected chi connectivity index (χ3v) is 3.85. The molecule has 1 aromatic carbocycles. The number of hydrogen-bond donors (Lipinski definition) is 1. The molecule has 118 valence electrons. The molecule has 0 radical (unpaired) electrons. The average molecular weight is 323 g/mol. The molecule has 0 aliphatic heterocycles. The highest BCUT2D eigenvalue weighted by molar-refractivity contribution is 8.00. The van der Waals surface area contributed by atoms with Gasteiger partial charge in [-0.2, -0.15) is 0 Å². The van der Waals surface area contributed by atoms with Crippen molar-refractivity contribution in [2.45, 2.75) is 37.7 Å². The van der Waals surface area contributed by atoms with Crippen LogP contribution in [0.3, 0.4) is 0 Å². The normalized spacial score (nSPS) is 12.4. The van der Waals surface area contributed by atoms with Crippen molar-refractivity contribution in [3.05, 3.63) is 30.1 Å². The number of thioether (sulfide) groups is 1. The van der Waals surface area contributed by atoms with E-state index in [1.54, 1.807) is 23.7 Å². The van der Waals surface area contributed by atoms with Crippen LogP contribution in [0, 0.1) is 11.7 Å². The Morgan fingerprint density at radius 3 is 2.86 bits per heavy atom. The maximum Gasteiger partial charge on any atom is 0.237 e. The molecule has 0 bridgehead atoms. The summed E-state index contributed by atoms with van der Waals surface area (Å²) in [4.78, 5) is 12.2. The van der Waals surface area contributed by atoms with E-state index in [1.807, 2.05) is 0 Å². The minimum Gasteiger partial charge on any atom is -0.325 e. The summed E-state index contributed by atoms with van der Waals surface area (Å²) in [7, 11) is 0. The molecule has 22 heavy (non-hydrogen) atoms. The largest absolute Gasteiger partial charge is 0.325 e. The summed E-state index contributed by atoms with van der Waals surface area (Å²) in [5.74, 6) is -0.215. The Balaban J connectivity index is 1.98. The van der Waals surface area contributed by atoms with E-state index >= 15 is 0 Å². The SMILES string of the molecule is CC(C)Cn1nnnc1SC(C)C(=O)Nc1cccc(F)c1. The molecule has 1 unspecified atom stereocenters. The van der Waals surface area contributed by atoms with E-state index in [-0.39, 0.29) is 11.7 Å². The van der Waals surface area contributed by atoms with Crippen LogP contribution in [-0.4, -0.2) is 31.4 Å². The molecular weight excluding hydrogens is 305 g/mol. The van der Waals surface area contributed by atoms with E-state index in [9.17, 15) is 9.18 Å². The number of carbonyl (C=O) groups is 1. The van der Waals surface area contributed by atoms with Crippen molar-refractivity contribution in [3.8, 4) is 0 Å². The summed E-state index contributed by atoms with van der Waals surface area (Å²) in [6.07, 6.45) is 0. The summed E-state index contributed by atoms with van der Waals surface area (Å²) in [6, 6.07) is 5.79. The Hall–Kier alpha value is -1.96. The second kappa shape index (κ2) is 7.35. The number of aromatic nitrogens is 4. The van der Waals surface area contributed by atoms with Gasteiger partial charge in [0.1, 0.15) is 5.82 Å². The predicted molar refractivity (Wildman–Crippen MR) is 83.0 cm³/mol. The maximum absolute atomic E-state index is 13.1. The Bertz CT molecular complexity index is 646. The van der Waals surface area contributed by atoms with Gasteiger partial charge in [0.2, 0.25) is 11.1 Å². The summed E-state index contributed by atoms with van der Waals surface area (Å²) >= 11 is 1.27. The first kappa shape index (κ1) is 16.4. The Morgan fingerprint density at radius 2 is 2.18 bits per heavy atom. The standard InChI is InChI=1S/C14H18FN5OS/c1-9(2)8-20-14(17-18-19-20)22-10(3)13(21)16-12-6-4-5-11(15)7-12/h4-7,9-10H,8H2,1-3H3,(H,16,21). The number of anilines is 1. The van der Waals surface area contributed by atoms with Crippen molar-refractivity contribution in [1.29, 1.82) is 0 Å². The van der Waals surface area contributed by atoms with Gasteiger partial charge in [0.25, 0.3) is 0 Å². The van der Waals surface area contributed by atoms with Gasteiger partial charge < -0.3 is 5.32 Å². The van der Waals surface area contributed by atoms with Gasteiger partial charge in [-0.25, -0.2) is 9.07 Å². The zero-order valence-electron chi connectivity index (χ0n) is 12.7. The number of halogens is 1. The van der Waals surface area contributed by atoms with Gasteiger partial charge in [-0.15, -0.1) is 5.10 Å². The number of carbonyl (C=O) groups excluding carboxylic acids is 1. The average Bonchev–Trinajstić information content (AvgIpc) is 2.85. The molecule has 1 N–H and O–H groups in total. The monoisotopic (exact) mass is 323 g/mol. The molecule has 0 fully saturated rings. The lowest BCUT2D eigenvalue weighted by Gasteiger charge is -2.12. The Kier molecular flexibility index (Phi) is 5.48. The first-order valence-corrected chi connectivity index (χ1v) is 7.83. The van der Waals surface area contributed by atoms with E-state index in [4.69, 9.17) is 0 Å². The van der Waals surface area contributed by atoms with Crippen LogP contribution in [0.4, 0.5) is 10.1 Å². The molecule has 1 heterocycles. The molecule has 0 spiro atoms. The van der Waals surface area contributed by atoms with Crippen molar-refractivity contribution in [2.75, 3.05) is 5.32 Å². The van der Waals surface area contributed by atoms with Crippen LogP contribution < -0.4 is 5.32 Å². The lowest BCUT2D eigenvalue weighted by Crippen LogP contribution is -2.23. The molecular formula is C14H18FN5OS. The molecule has 1 aromatic heterocycles. The Morgan fingerprint density at radius 1 is 1.41 bits per heavy atom. The van der Waals surface area contributed by atoms with Gasteiger partial charge in [0.05, 0.1) is 5.25 Å². The maximum atomic E-state index is 13.1. The molecule has 0 saturated heterocycles. The zero-order valence-corrected chi connectivity index (χ0v) is 13.5. The van der Waals surface area contributed by atoms with Gasteiger partial charge in [0.15, 0.2) is 0 Å². The second-order valence-corrected chi connectivity index (χ2v) is 6.61. The van der Waals surface area contributed by atoms with Crippen LogP contribution in [0.25, 0.3) is 0 Å². The zero-order chi connectivity index (χ0) is 16.1. The topological polar surface area (TPSA) is 72.7 Å². The fraction of sp³-hybridized carbons (Fsp3) is 0.429. The van der Waals surface area contributed by atoms with Gasteiger partial charge in [-0.1, -0.05) is 31.7 Å². The lowest BCUT2D eigenvalue weighted by molar-refractivity contribution is -0.115. The minimum absolute atomic E-state index is 0.227. The molecule has 2 rings (SSSR count). The predicted octanol–water partition coefficient (Wildman–Crippen LogP) is 2.59. The van der Waals surface area contributed by atoms with Crippen LogP contribution in [-0.2, 0) is 11.3 Å². The number of nitrogens with zero attached hydrogens (tertiary/aromatic N) is 4. The highest BCUT2D eigenvalue weighted by Gasteiger charge is 2.19. The fourth-order valence-electron chi connectivity index (χ4n) is 1.76. The summed E-state index contributed by atoms with van der Waals surface area (Å²) in [6.45, 7) is 6.58. The number of tetrazole rings is 1. The number of hydrogen-bond acceptors (Lipinski definition) is 5. The summed E-state index contributed by atoms with van der Waals surface area (Å²) in [5.41, 5.74) is 0.430. The van der Waals surface area contributed by atoms with Crippen LogP contribution in [0.5, 0.6) is 0 Å². The first-order chi connectivity index (χ1) is 10.5. The fourth-order valence-corrected chi connectivity index (χ4v) is 2.56. The van der Waals surface area contributed by atoms with Crippen LogP contribution in [0.15, 0.2) is 29.4 Å². The molecule has 6 nitrogen and oxygen atoms in total. The molecule has 1 atom stereocenters. The molecule has 0 aliphatic rings. The van der Waals surface area contributed by atoms with Crippen LogP contribution >= 0.6 is 11.8 Å². The van der Waals surface area contributed by atoms with Crippen molar-refractivity contribution in [3.63, 3.8) is 0 Å². The van der Waals surface area contributed by atoms with Crippen LogP contribution in [0.1, 0.15) is 20.8 Å². The summed E-state index contributed by atoms with van der Waals surface area (Å²) < 4.78 is 14.8. The van der Waals surface area contributed by atoms with Crippen molar-refractivity contribution >= 4 is 23.4 Å². The van der Waals surface area contributed by atoms with Crippen molar-refractivity contribution < 1.29 is 9.18 Å². The van der Waals surface area contributed by atoms with E-state index in [0.717, 1.165) is 0 Å². The highest BCUT2D eigenvalue weighted by atomic mass is 32.2. The third kappa shape index (κ3) is 4.52. The van der Waals surface area contributed by atoms with Gasteiger partial charge in [-0.3, -0.25) is 4.79 Å². The number of rotatable bonds is 6. The van der Waals surface area contributed by atoms with Gasteiger partial charge in [-0.05, 0) is 41.5 Å². The Labute approximate surface area is 132 Å². The highest BCUT2D eigenvalue weighted by Crippen LogP contribution is 2.22. The van der Waals surface area contributed by atoms with E-state index < -0.39 is 5.25 Å². The third-order valence-electron chi connectivity index (χ3n) is 2.78. The molecule has 2 aromatic rings. The smallest absolute Gasteiger partial charge is 0.237 e. The summed E-state index contributed by atoms with van der Waals surface area (Å²) in [5, 5.41) is 14.4.